The zero-order chi connectivity index (χ0) is 14.7. The molecule has 0 radical (unpaired) electrons. The summed E-state index contributed by atoms with van der Waals surface area (Å²) in [6, 6.07) is 14.0. The minimum atomic E-state index is -0.815. The first-order chi connectivity index (χ1) is 10.2. The molecule has 1 N–H and O–H groups in total. The van der Waals surface area contributed by atoms with Gasteiger partial charge in [0.25, 0.3) is 0 Å². The molecule has 0 aliphatic carbocycles. The number of carbonyl (C=O) groups is 1. The van der Waals surface area contributed by atoms with Crippen molar-refractivity contribution < 1.29 is 14.3 Å². The molecular formula is C16H14N2O3. The van der Waals surface area contributed by atoms with Gasteiger partial charge >= 0.3 is 5.97 Å². The molecule has 5 heteroatoms. The molecule has 0 saturated carbocycles. The number of carboxylic acid groups (broad SMARTS) is 1. The van der Waals surface area contributed by atoms with Crippen LogP contribution in [0.3, 0.4) is 0 Å². The van der Waals surface area contributed by atoms with Gasteiger partial charge in [0.1, 0.15) is 0 Å². The first-order valence-electron chi connectivity index (χ1n) is 6.76. The van der Waals surface area contributed by atoms with Crippen LogP contribution >= 0.6 is 0 Å². The molecule has 0 spiro atoms. The molecule has 3 aromatic rings. The number of aryl methyl sites for hydroxylation is 1. The molecule has 0 atom stereocenters. The van der Waals surface area contributed by atoms with E-state index in [1.165, 1.54) is 0 Å². The van der Waals surface area contributed by atoms with Crippen molar-refractivity contribution in [3.05, 3.63) is 48.4 Å². The Morgan fingerprint density at radius 1 is 1.10 bits per heavy atom. The number of aliphatic carboxylic acids is 1. The standard InChI is InChI=1S/C16H14N2O3/c19-15(20)7-3-6-14-17-18-16(21-14)13-9-8-11-4-1-2-5-12(11)10-13/h1-2,4-5,8-10H,3,6-7H2,(H,19,20). The van der Waals surface area contributed by atoms with Gasteiger partial charge in [0.2, 0.25) is 11.8 Å². The minimum absolute atomic E-state index is 0.105. The summed E-state index contributed by atoms with van der Waals surface area (Å²) in [4.78, 5) is 10.5. The van der Waals surface area contributed by atoms with Crippen molar-refractivity contribution in [2.45, 2.75) is 19.3 Å². The molecular weight excluding hydrogens is 268 g/mol. The first kappa shape index (κ1) is 13.3. The molecule has 2 aromatic carbocycles. The van der Waals surface area contributed by atoms with Crippen molar-refractivity contribution in [2.24, 2.45) is 0 Å². The molecule has 0 amide bonds. The second-order valence-corrected chi connectivity index (χ2v) is 4.81. The van der Waals surface area contributed by atoms with E-state index in [1.807, 2.05) is 42.5 Å². The maximum Gasteiger partial charge on any atom is 0.303 e. The third-order valence-electron chi connectivity index (χ3n) is 3.24. The minimum Gasteiger partial charge on any atom is -0.481 e. The van der Waals surface area contributed by atoms with Crippen molar-refractivity contribution in [1.29, 1.82) is 0 Å². The summed E-state index contributed by atoms with van der Waals surface area (Å²) < 4.78 is 5.59. The number of fused-ring (bicyclic) bond motifs is 1. The Labute approximate surface area is 121 Å². The molecule has 106 valence electrons. The zero-order valence-corrected chi connectivity index (χ0v) is 11.3. The van der Waals surface area contributed by atoms with E-state index in [0.29, 0.717) is 24.6 Å². The van der Waals surface area contributed by atoms with Gasteiger partial charge in [0.15, 0.2) is 0 Å². The Morgan fingerprint density at radius 3 is 2.71 bits per heavy atom. The summed E-state index contributed by atoms with van der Waals surface area (Å²) in [7, 11) is 0. The summed E-state index contributed by atoms with van der Waals surface area (Å²) in [6.45, 7) is 0. The van der Waals surface area contributed by atoms with Crippen LogP contribution in [0.2, 0.25) is 0 Å². The molecule has 5 nitrogen and oxygen atoms in total. The molecule has 0 aliphatic rings. The van der Waals surface area contributed by atoms with Crippen molar-refractivity contribution >= 4 is 16.7 Å². The van der Waals surface area contributed by atoms with Gasteiger partial charge in [-0.3, -0.25) is 4.79 Å². The quantitative estimate of drug-likeness (QED) is 0.777. The number of hydrogen-bond donors (Lipinski definition) is 1. The molecule has 0 aliphatic heterocycles. The fourth-order valence-electron chi connectivity index (χ4n) is 2.18. The Balaban J connectivity index is 1.79. The highest BCUT2D eigenvalue weighted by Crippen LogP contribution is 2.23. The average Bonchev–Trinajstić information content (AvgIpc) is 2.95. The third-order valence-corrected chi connectivity index (χ3v) is 3.24. The highest BCUT2D eigenvalue weighted by Gasteiger charge is 2.09. The smallest absolute Gasteiger partial charge is 0.303 e. The molecule has 1 heterocycles. The van der Waals surface area contributed by atoms with Crippen molar-refractivity contribution in [1.82, 2.24) is 10.2 Å². The van der Waals surface area contributed by atoms with E-state index < -0.39 is 5.97 Å². The van der Waals surface area contributed by atoms with Crippen LogP contribution in [-0.4, -0.2) is 21.3 Å². The lowest BCUT2D eigenvalue weighted by Gasteiger charge is -1.99. The predicted molar refractivity (Wildman–Crippen MR) is 77.8 cm³/mol. The highest BCUT2D eigenvalue weighted by atomic mass is 16.4. The fraction of sp³-hybridized carbons (Fsp3) is 0.188. The lowest BCUT2D eigenvalue weighted by atomic mass is 10.1. The van der Waals surface area contributed by atoms with Gasteiger partial charge in [-0.2, -0.15) is 0 Å². The van der Waals surface area contributed by atoms with E-state index in [4.69, 9.17) is 9.52 Å². The van der Waals surface area contributed by atoms with Crippen LogP contribution < -0.4 is 0 Å². The van der Waals surface area contributed by atoms with E-state index >= 15 is 0 Å². The fourth-order valence-corrected chi connectivity index (χ4v) is 2.18. The number of aromatic nitrogens is 2. The van der Waals surface area contributed by atoms with E-state index in [2.05, 4.69) is 10.2 Å². The van der Waals surface area contributed by atoms with Gasteiger partial charge in [-0.05, 0) is 29.3 Å². The van der Waals surface area contributed by atoms with E-state index in [0.717, 1.165) is 16.3 Å². The Bertz CT molecular complexity index is 780. The molecule has 0 saturated heterocycles. The summed E-state index contributed by atoms with van der Waals surface area (Å²) >= 11 is 0. The van der Waals surface area contributed by atoms with Gasteiger partial charge < -0.3 is 9.52 Å². The van der Waals surface area contributed by atoms with Crippen LogP contribution in [-0.2, 0) is 11.2 Å². The van der Waals surface area contributed by atoms with Gasteiger partial charge in [-0.15, -0.1) is 10.2 Å². The largest absolute Gasteiger partial charge is 0.481 e. The van der Waals surface area contributed by atoms with Crippen molar-refractivity contribution in [3.63, 3.8) is 0 Å². The maximum atomic E-state index is 10.5. The number of carboxylic acids is 1. The number of benzene rings is 2. The van der Waals surface area contributed by atoms with Gasteiger partial charge in [0, 0.05) is 18.4 Å². The van der Waals surface area contributed by atoms with Crippen LogP contribution in [0.1, 0.15) is 18.7 Å². The lowest BCUT2D eigenvalue weighted by molar-refractivity contribution is -0.137. The topological polar surface area (TPSA) is 76.2 Å². The summed E-state index contributed by atoms with van der Waals surface area (Å²) in [5.74, 6) is 0.120. The molecule has 0 fully saturated rings. The lowest BCUT2D eigenvalue weighted by Crippen LogP contribution is -1.95. The molecule has 1 aromatic heterocycles. The normalized spacial score (nSPS) is 10.9. The zero-order valence-electron chi connectivity index (χ0n) is 11.3. The maximum absolute atomic E-state index is 10.5. The summed E-state index contributed by atoms with van der Waals surface area (Å²) in [5.41, 5.74) is 0.866. The molecule has 0 bridgehead atoms. The second kappa shape index (κ2) is 5.75. The van der Waals surface area contributed by atoms with Gasteiger partial charge in [0.05, 0.1) is 0 Å². The average molecular weight is 282 g/mol. The van der Waals surface area contributed by atoms with Crippen LogP contribution in [0.15, 0.2) is 46.9 Å². The number of rotatable bonds is 5. The van der Waals surface area contributed by atoms with Gasteiger partial charge in [-0.25, -0.2) is 0 Å². The monoisotopic (exact) mass is 282 g/mol. The van der Waals surface area contributed by atoms with Crippen molar-refractivity contribution in [2.75, 3.05) is 0 Å². The Kier molecular flexibility index (Phi) is 3.64. The van der Waals surface area contributed by atoms with E-state index in [1.54, 1.807) is 0 Å². The number of nitrogens with zero attached hydrogens (tertiary/aromatic N) is 2. The Morgan fingerprint density at radius 2 is 1.90 bits per heavy atom. The molecule has 0 unspecified atom stereocenters. The highest BCUT2D eigenvalue weighted by molar-refractivity contribution is 5.86. The van der Waals surface area contributed by atoms with Crippen molar-refractivity contribution in [3.8, 4) is 11.5 Å². The third kappa shape index (κ3) is 3.08. The predicted octanol–water partition coefficient (Wildman–Crippen LogP) is 3.30. The van der Waals surface area contributed by atoms with E-state index in [9.17, 15) is 4.79 Å². The summed E-state index contributed by atoms with van der Waals surface area (Å²) in [6.07, 6.45) is 1.08. The van der Waals surface area contributed by atoms with Crippen LogP contribution in [0.4, 0.5) is 0 Å². The van der Waals surface area contributed by atoms with Crippen LogP contribution in [0.5, 0.6) is 0 Å². The first-order valence-corrected chi connectivity index (χ1v) is 6.76. The summed E-state index contributed by atoms with van der Waals surface area (Å²) in [5, 5.41) is 18.9. The van der Waals surface area contributed by atoms with Crippen LogP contribution in [0, 0.1) is 0 Å². The second-order valence-electron chi connectivity index (χ2n) is 4.81. The van der Waals surface area contributed by atoms with Gasteiger partial charge in [-0.1, -0.05) is 30.3 Å². The SMILES string of the molecule is O=C(O)CCCc1nnc(-c2ccc3ccccc3c2)o1. The Hall–Kier alpha value is -2.69. The molecule has 21 heavy (non-hydrogen) atoms. The van der Waals surface area contributed by atoms with E-state index in [-0.39, 0.29) is 6.42 Å². The van der Waals surface area contributed by atoms with Crippen LogP contribution in [0.25, 0.3) is 22.2 Å². The molecule has 3 rings (SSSR count). The number of hydrogen-bond acceptors (Lipinski definition) is 4.